The minimum Gasteiger partial charge on any atom is -0.320 e. The summed E-state index contributed by atoms with van der Waals surface area (Å²) in [5, 5.41) is 3.18. The summed E-state index contributed by atoms with van der Waals surface area (Å²) in [5.41, 5.74) is 4.32. The molecule has 0 bridgehead atoms. The largest absolute Gasteiger partial charge is 0.320 e. The molecular weight excluding hydrogens is 170 g/mol. The number of unbranched alkanes of at least 4 members (excludes halogenated alkanes) is 1. The van der Waals surface area contributed by atoms with E-state index in [2.05, 4.69) is 37.4 Å². The second kappa shape index (κ2) is 5.82. The van der Waals surface area contributed by atoms with Crippen molar-refractivity contribution in [3.8, 4) is 0 Å². The second-order valence-electron chi connectivity index (χ2n) is 3.99. The zero-order valence-corrected chi connectivity index (χ0v) is 9.56. The summed E-state index contributed by atoms with van der Waals surface area (Å²) in [6.07, 6.45) is 3.77. The van der Waals surface area contributed by atoms with Gasteiger partial charge in [-0.25, -0.2) is 0 Å². The number of benzene rings is 1. The van der Waals surface area contributed by atoms with Crippen LogP contribution < -0.4 is 5.32 Å². The van der Waals surface area contributed by atoms with Crippen molar-refractivity contribution in [2.24, 2.45) is 0 Å². The van der Waals surface area contributed by atoms with Gasteiger partial charge in [0, 0.05) is 0 Å². The molecule has 1 aromatic rings. The van der Waals surface area contributed by atoms with Crippen molar-refractivity contribution in [1.82, 2.24) is 5.32 Å². The molecule has 1 rings (SSSR count). The Kier molecular flexibility index (Phi) is 4.68. The molecule has 0 heterocycles. The Balaban J connectivity index is 2.45. The summed E-state index contributed by atoms with van der Waals surface area (Å²) < 4.78 is 0. The molecule has 0 aromatic heterocycles. The van der Waals surface area contributed by atoms with E-state index < -0.39 is 0 Å². The van der Waals surface area contributed by atoms with E-state index in [1.807, 2.05) is 7.05 Å². The van der Waals surface area contributed by atoms with Gasteiger partial charge in [-0.3, -0.25) is 0 Å². The molecule has 0 unspecified atom stereocenters. The maximum Gasteiger partial charge on any atom is -0.00518 e. The lowest BCUT2D eigenvalue weighted by Crippen LogP contribution is -2.07. The summed E-state index contributed by atoms with van der Waals surface area (Å²) in [5.74, 6) is 0. The first kappa shape index (κ1) is 11.3. The van der Waals surface area contributed by atoms with Gasteiger partial charge in [-0.05, 0) is 57.8 Å². The van der Waals surface area contributed by atoms with Gasteiger partial charge in [-0.1, -0.05) is 23.8 Å². The molecule has 0 radical (unpaired) electrons. The molecule has 1 nitrogen and oxygen atoms in total. The first-order valence-electron chi connectivity index (χ1n) is 5.45. The van der Waals surface area contributed by atoms with E-state index in [0.717, 1.165) is 6.54 Å². The quantitative estimate of drug-likeness (QED) is 0.706. The third-order valence-corrected chi connectivity index (χ3v) is 2.63. The summed E-state index contributed by atoms with van der Waals surface area (Å²) in [7, 11) is 2.01. The topological polar surface area (TPSA) is 12.0 Å². The highest BCUT2D eigenvalue weighted by Crippen LogP contribution is 2.13. The third-order valence-electron chi connectivity index (χ3n) is 2.63. The molecular formula is C13H21N. The molecule has 0 saturated heterocycles. The number of hydrogen-bond acceptors (Lipinski definition) is 1. The van der Waals surface area contributed by atoms with Gasteiger partial charge >= 0.3 is 0 Å². The Morgan fingerprint density at radius 2 is 1.93 bits per heavy atom. The number of hydrogen-bond donors (Lipinski definition) is 1. The summed E-state index contributed by atoms with van der Waals surface area (Å²) in [6, 6.07) is 6.73. The molecule has 0 saturated carbocycles. The van der Waals surface area contributed by atoms with Crippen LogP contribution in [0.4, 0.5) is 0 Å². The van der Waals surface area contributed by atoms with Crippen molar-refractivity contribution in [3.05, 3.63) is 34.9 Å². The molecule has 0 fully saturated rings. The predicted octanol–water partition coefficient (Wildman–Crippen LogP) is 2.85. The van der Waals surface area contributed by atoms with E-state index in [4.69, 9.17) is 0 Å². The van der Waals surface area contributed by atoms with Crippen molar-refractivity contribution < 1.29 is 0 Å². The Hall–Kier alpha value is -0.820. The van der Waals surface area contributed by atoms with Gasteiger partial charge in [0.1, 0.15) is 0 Å². The van der Waals surface area contributed by atoms with Gasteiger partial charge in [-0.2, -0.15) is 0 Å². The Morgan fingerprint density at radius 3 is 2.64 bits per heavy atom. The molecule has 14 heavy (non-hydrogen) atoms. The van der Waals surface area contributed by atoms with E-state index in [1.165, 1.54) is 36.0 Å². The second-order valence-corrected chi connectivity index (χ2v) is 3.99. The van der Waals surface area contributed by atoms with Gasteiger partial charge in [0.05, 0.1) is 0 Å². The molecule has 0 atom stereocenters. The molecule has 1 heteroatoms. The molecule has 0 aliphatic heterocycles. The van der Waals surface area contributed by atoms with Crippen LogP contribution in [0, 0.1) is 13.8 Å². The van der Waals surface area contributed by atoms with Crippen LogP contribution in [0.25, 0.3) is 0 Å². The lowest BCUT2D eigenvalue weighted by Gasteiger charge is -2.06. The van der Waals surface area contributed by atoms with Crippen LogP contribution >= 0.6 is 0 Å². The lowest BCUT2D eigenvalue weighted by molar-refractivity contribution is 0.676. The molecule has 1 aromatic carbocycles. The van der Waals surface area contributed by atoms with Crippen LogP contribution in [0.2, 0.25) is 0 Å². The number of aryl methyl sites for hydroxylation is 3. The summed E-state index contributed by atoms with van der Waals surface area (Å²) >= 11 is 0. The predicted molar refractivity (Wildman–Crippen MR) is 62.8 cm³/mol. The van der Waals surface area contributed by atoms with Crippen molar-refractivity contribution in [1.29, 1.82) is 0 Å². The Labute approximate surface area is 87.5 Å². The standard InChI is InChI=1S/C13H21N/c1-11-7-8-12(2)13(10-11)6-4-5-9-14-3/h7-8,10,14H,4-6,9H2,1-3H3. The number of rotatable bonds is 5. The monoisotopic (exact) mass is 191 g/mol. The van der Waals surface area contributed by atoms with Crippen molar-refractivity contribution in [2.45, 2.75) is 33.1 Å². The van der Waals surface area contributed by atoms with Crippen LogP contribution in [-0.4, -0.2) is 13.6 Å². The molecule has 0 aliphatic carbocycles. The van der Waals surface area contributed by atoms with E-state index in [0.29, 0.717) is 0 Å². The van der Waals surface area contributed by atoms with Gasteiger partial charge < -0.3 is 5.32 Å². The van der Waals surface area contributed by atoms with E-state index in [-0.39, 0.29) is 0 Å². The number of nitrogens with one attached hydrogen (secondary N) is 1. The molecule has 0 spiro atoms. The van der Waals surface area contributed by atoms with Crippen molar-refractivity contribution in [3.63, 3.8) is 0 Å². The zero-order chi connectivity index (χ0) is 10.4. The molecule has 0 amide bonds. The van der Waals surface area contributed by atoms with Gasteiger partial charge in [-0.15, -0.1) is 0 Å². The van der Waals surface area contributed by atoms with Crippen molar-refractivity contribution in [2.75, 3.05) is 13.6 Å². The van der Waals surface area contributed by atoms with Crippen LogP contribution in [0.1, 0.15) is 29.5 Å². The van der Waals surface area contributed by atoms with Crippen molar-refractivity contribution >= 4 is 0 Å². The molecule has 78 valence electrons. The normalized spacial score (nSPS) is 10.5. The molecule has 1 N–H and O–H groups in total. The first-order valence-corrected chi connectivity index (χ1v) is 5.45. The van der Waals surface area contributed by atoms with Crippen LogP contribution in [0.5, 0.6) is 0 Å². The first-order chi connectivity index (χ1) is 6.74. The SMILES string of the molecule is CNCCCCc1cc(C)ccc1C. The fourth-order valence-corrected chi connectivity index (χ4v) is 1.69. The fourth-order valence-electron chi connectivity index (χ4n) is 1.69. The third kappa shape index (κ3) is 3.51. The lowest BCUT2D eigenvalue weighted by atomic mass is 10.0. The highest BCUT2D eigenvalue weighted by Gasteiger charge is 1.98. The average Bonchev–Trinajstić information content (AvgIpc) is 2.18. The minimum absolute atomic E-state index is 1.13. The van der Waals surface area contributed by atoms with E-state index >= 15 is 0 Å². The van der Waals surface area contributed by atoms with Crippen LogP contribution in [0.3, 0.4) is 0 Å². The van der Waals surface area contributed by atoms with Gasteiger partial charge in [0.15, 0.2) is 0 Å². The maximum absolute atomic E-state index is 3.18. The average molecular weight is 191 g/mol. The minimum atomic E-state index is 1.13. The smallest absolute Gasteiger partial charge is 0.00518 e. The highest BCUT2D eigenvalue weighted by atomic mass is 14.8. The van der Waals surface area contributed by atoms with Crippen LogP contribution in [-0.2, 0) is 6.42 Å². The maximum atomic E-state index is 3.18. The van der Waals surface area contributed by atoms with Crippen LogP contribution in [0.15, 0.2) is 18.2 Å². The Morgan fingerprint density at radius 1 is 1.14 bits per heavy atom. The molecule has 0 aliphatic rings. The summed E-state index contributed by atoms with van der Waals surface area (Å²) in [6.45, 7) is 5.49. The summed E-state index contributed by atoms with van der Waals surface area (Å²) in [4.78, 5) is 0. The highest BCUT2D eigenvalue weighted by molar-refractivity contribution is 5.30. The zero-order valence-electron chi connectivity index (χ0n) is 9.56. The van der Waals surface area contributed by atoms with Gasteiger partial charge in [0.2, 0.25) is 0 Å². The van der Waals surface area contributed by atoms with E-state index in [1.54, 1.807) is 0 Å². The Bertz CT molecular complexity index is 279. The van der Waals surface area contributed by atoms with E-state index in [9.17, 15) is 0 Å². The fraction of sp³-hybridized carbons (Fsp3) is 0.538. The van der Waals surface area contributed by atoms with Gasteiger partial charge in [0.25, 0.3) is 0 Å².